The molecule has 0 saturated carbocycles. The summed E-state index contributed by atoms with van der Waals surface area (Å²) in [6, 6.07) is 4.55. The van der Waals surface area contributed by atoms with Crippen molar-refractivity contribution in [1.29, 1.82) is 1.34 Å². The van der Waals surface area contributed by atoms with Crippen LogP contribution in [0.5, 0.6) is 0 Å². The first kappa shape index (κ1) is 19.8. The number of non-ortho nitro benzene ring substituents is 1. The highest BCUT2D eigenvalue weighted by Crippen LogP contribution is 2.34. The molecular weight excluding hydrogens is 459 g/mol. The zero-order valence-corrected chi connectivity index (χ0v) is 17.3. The predicted octanol–water partition coefficient (Wildman–Crippen LogP) is 1.40. The van der Waals surface area contributed by atoms with Gasteiger partial charge in [-0.3, -0.25) is 19.8 Å². The Morgan fingerprint density at radius 1 is 1.41 bits per heavy atom. The van der Waals surface area contributed by atoms with Crippen molar-refractivity contribution >= 4 is 67.0 Å². The summed E-state index contributed by atoms with van der Waals surface area (Å²) in [5, 5.41) is 10.1. The Balaban J connectivity index is 2.23. The van der Waals surface area contributed by atoms with Gasteiger partial charge in [0.05, 0.1) is 15.9 Å². The number of carbonyl (C=O) groups excluding carboxylic acids is 3. The molecule has 1 heterocycles. The molecule has 1 aliphatic heterocycles. The molecule has 1 amide bonds. The van der Waals surface area contributed by atoms with Crippen LogP contribution in [0.1, 0.15) is 24.2 Å². The number of nitro groups is 1. The van der Waals surface area contributed by atoms with Gasteiger partial charge in [0, 0.05) is 12.1 Å². The van der Waals surface area contributed by atoms with Crippen molar-refractivity contribution in [2.75, 3.05) is 0 Å². The number of likely N-dealkylation sites (tertiary alicyclic amines) is 1. The molecule has 12 heteroatoms. The molecule has 3 atom stereocenters. The Bertz CT molecular complexity index is 906. The smallest absolute Gasteiger partial charge is 0.362 e. The highest BCUT2D eigenvalue weighted by molar-refractivity contribution is 9.10. The third-order valence-corrected chi connectivity index (χ3v) is 6.42. The quantitative estimate of drug-likeness (QED) is 0.0897. The topological polar surface area (TPSA) is 107 Å². The summed E-state index contributed by atoms with van der Waals surface area (Å²) < 4.78 is 12.2. The highest BCUT2D eigenvalue weighted by atomic mass is 79.9. The zero-order chi connectivity index (χ0) is 21.2. The minimum Gasteiger partial charge on any atom is -0.385 e. The maximum absolute atomic E-state index is 12.6. The average molecular weight is 474 g/mol. The van der Waals surface area contributed by atoms with Crippen molar-refractivity contribution in [1.82, 2.24) is 4.90 Å². The van der Waals surface area contributed by atoms with Gasteiger partial charge in [-0.05, 0) is 32.9 Å². The lowest BCUT2D eigenvalue weighted by Crippen LogP contribution is -2.64. The zero-order valence-electron chi connectivity index (χ0n) is 15.1. The number of rotatable bonds is 6. The molecule has 2 unspecified atom stereocenters. The summed E-state index contributed by atoms with van der Waals surface area (Å²) in [7, 11) is -0.0153. The number of esters is 2. The molecule has 1 aromatic rings. The molecule has 0 spiro atoms. The Kier molecular flexibility index (Phi) is 6.17. The number of allylic oxidation sites excluding steroid dienone is 1. The maximum atomic E-state index is 12.6. The average Bonchev–Trinajstić information content (AvgIpc) is 2.66. The minimum atomic E-state index is -1.04. The second kappa shape index (κ2) is 8.40. The molecular formula is C15H13BBrN2O6S2. The molecule has 1 saturated heterocycles. The van der Waals surface area contributed by atoms with Gasteiger partial charge in [0.15, 0.2) is 7.09 Å². The molecule has 8 nitrogen and oxygen atoms in total. The monoisotopic (exact) mass is 473 g/mol. The fraction of sp³-hybridized carbons (Fsp3) is 0.267. The van der Waals surface area contributed by atoms with Gasteiger partial charge in [-0.1, -0.05) is 27.1 Å². The van der Waals surface area contributed by atoms with E-state index in [0.29, 0.717) is 5.57 Å². The largest absolute Gasteiger partial charge is 0.385 e. The van der Waals surface area contributed by atoms with Crippen LogP contribution in [0.4, 0.5) is 5.69 Å². The van der Waals surface area contributed by atoms with Gasteiger partial charge >= 0.3 is 11.9 Å². The van der Waals surface area contributed by atoms with Crippen molar-refractivity contribution in [3.8, 4) is 0 Å². The van der Waals surface area contributed by atoms with E-state index < -0.39 is 42.3 Å². The number of alkyl halides is 1. The Hall–Kier alpha value is -1.92. The molecule has 0 aromatic heterocycles. The lowest BCUT2D eigenvalue weighted by atomic mass is 10.1. The maximum Gasteiger partial charge on any atom is 0.362 e. The van der Waals surface area contributed by atoms with Crippen LogP contribution in [0.25, 0.3) is 0 Å². The first-order valence-corrected chi connectivity index (χ1v) is 10.6. The summed E-state index contributed by atoms with van der Waals surface area (Å²) in [6.45, 7) is 3.15. The van der Waals surface area contributed by atoms with E-state index >= 15 is 0 Å². The number of ether oxygens (including phenoxy) is 1. The summed E-state index contributed by atoms with van der Waals surface area (Å²) in [4.78, 5) is 47.6. The Morgan fingerprint density at radius 2 is 2.00 bits per heavy atom. The van der Waals surface area contributed by atoms with E-state index in [4.69, 9.17) is 17.3 Å². The summed E-state index contributed by atoms with van der Waals surface area (Å²) in [6.07, 6.45) is 0. The molecule has 0 bridgehead atoms. The van der Waals surface area contributed by atoms with Crippen molar-refractivity contribution in [2.45, 2.75) is 24.0 Å². The molecule has 0 aliphatic carbocycles. The number of amides is 1. The molecule has 1 aromatic carbocycles. The van der Waals surface area contributed by atoms with Crippen LogP contribution in [-0.4, -0.2) is 46.3 Å². The molecule has 1 aliphatic rings. The first-order chi connectivity index (χ1) is 13.1. The number of hydrogen-bond donors (Lipinski definition) is 0. The van der Waals surface area contributed by atoms with Gasteiger partial charge in [-0.2, -0.15) is 0 Å². The number of benzene rings is 1. The van der Waals surface area contributed by atoms with Gasteiger partial charge in [0.25, 0.3) is 5.69 Å². The van der Waals surface area contributed by atoms with Crippen molar-refractivity contribution in [3.63, 3.8) is 0 Å². The van der Waals surface area contributed by atoms with Gasteiger partial charge in [0.2, 0.25) is 5.91 Å². The second-order valence-corrected chi connectivity index (χ2v) is 8.94. The number of β-lactam (4-membered cyclic amide) rings is 1. The van der Waals surface area contributed by atoms with E-state index in [-0.39, 0.29) is 16.9 Å². The van der Waals surface area contributed by atoms with Gasteiger partial charge in [-0.15, -0.1) is 9.31 Å². The third kappa shape index (κ3) is 4.33. The molecule has 141 valence electrons. The minimum absolute atomic E-state index is 0.0561. The SMILES string of the molecule is [3H][B]S(=S)C1[C@@H](Br)C(=O)N1C(C(=O)OC(=O)c1ccc([N+](=O)[O-])cc1)=C(C)C. The summed E-state index contributed by atoms with van der Waals surface area (Å²) in [5.74, 6) is -2.48. The number of halogens is 1. The van der Waals surface area contributed by atoms with Crippen LogP contribution in [-0.2, 0) is 34.8 Å². The van der Waals surface area contributed by atoms with E-state index in [1.54, 1.807) is 13.8 Å². The third-order valence-electron chi connectivity index (χ3n) is 3.62. The van der Waals surface area contributed by atoms with Crippen molar-refractivity contribution < 1.29 is 24.0 Å². The number of nitro benzene ring substituents is 1. The van der Waals surface area contributed by atoms with Crippen LogP contribution in [0.15, 0.2) is 35.5 Å². The number of nitrogens with zero attached hydrogens (tertiary/aromatic N) is 2. The van der Waals surface area contributed by atoms with Crippen molar-refractivity contribution in [3.05, 3.63) is 51.2 Å². The van der Waals surface area contributed by atoms with Gasteiger partial charge in [-0.25, -0.2) is 9.59 Å². The van der Waals surface area contributed by atoms with E-state index in [9.17, 15) is 24.5 Å². The molecule has 27 heavy (non-hydrogen) atoms. The Labute approximate surface area is 172 Å². The predicted molar refractivity (Wildman–Crippen MR) is 107 cm³/mol. The van der Waals surface area contributed by atoms with E-state index in [2.05, 4.69) is 15.9 Å². The lowest BCUT2D eigenvalue weighted by molar-refractivity contribution is -0.384. The Morgan fingerprint density at radius 3 is 2.48 bits per heavy atom. The summed E-state index contributed by atoms with van der Waals surface area (Å²) in [5.41, 5.74) is 0.0372. The second-order valence-electron chi connectivity index (χ2n) is 5.66. The molecule has 1 radical (unpaired) electrons. The lowest BCUT2D eigenvalue weighted by Gasteiger charge is -2.45. The number of carbonyl (C=O) groups is 3. The summed E-state index contributed by atoms with van der Waals surface area (Å²) >= 11 is 8.37. The van der Waals surface area contributed by atoms with Crippen LogP contribution in [0, 0.1) is 10.1 Å². The fourth-order valence-corrected chi connectivity index (χ4v) is 5.29. The fourth-order valence-electron chi connectivity index (χ4n) is 2.34. The van der Waals surface area contributed by atoms with E-state index in [1.165, 1.54) is 0 Å². The van der Waals surface area contributed by atoms with Crippen LogP contribution >= 0.6 is 15.9 Å². The molecule has 2 rings (SSSR count). The van der Waals surface area contributed by atoms with E-state index in [0.717, 1.165) is 36.3 Å². The number of hydrogen-bond acceptors (Lipinski definition) is 7. The van der Waals surface area contributed by atoms with Crippen LogP contribution in [0.3, 0.4) is 0 Å². The molecule has 1 fully saturated rings. The standard InChI is InChI=1S/C15H13BBrN2O6S2/c1-7(2)11(18-12(20)10(17)13(18)27(16)26)15(22)25-14(21)8-3-5-9(6-4-8)19(23)24/h3-6,10,13,16H,1-2H3/t10-,13?,27?/m0/s1/i16T. The van der Waals surface area contributed by atoms with Crippen LogP contribution in [0.2, 0.25) is 0 Å². The van der Waals surface area contributed by atoms with Gasteiger partial charge < -0.3 is 4.74 Å². The van der Waals surface area contributed by atoms with Gasteiger partial charge in [0.1, 0.15) is 10.5 Å². The molecule has 0 N–H and O–H groups in total. The van der Waals surface area contributed by atoms with Crippen LogP contribution < -0.4 is 0 Å². The normalized spacial score (nSPS) is 20.0. The van der Waals surface area contributed by atoms with E-state index in [1.807, 2.05) is 0 Å². The first-order valence-electron chi connectivity index (χ1n) is 7.94. The highest BCUT2D eigenvalue weighted by Gasteiger charge is 2.50. The van der Waals surface area contributed by atoms with Crippen molar-refractivity contribution in [2.24, 2.45) is 0 Å².